The summed E-state index contributed by atoms with van der Waals surface area (Å²) >= 11 is 0. The molecule has 1 aliphatic rings. The van der Waals surface area contributed by atoms with Crippen molar-refractivity contribution in [1.29, 1.82) is 0 Å². The topological polar surface area (TPSA) is 66.9 Å². The van der Waals surface area contributed by atoms with Crippen molar-refractivity contribution < 1.29 is 19.1 Å². The van der Waals surface area contributed by atoms with Crippen LogP contribution in [-0.4, -0.2) is 49.9 Å². The highest BCUT2D eigenvalue weighted by molar-refractivity contribution is 6.05. The molecule has 1 fully saturated rings. The van der Waals surface area contributed by atoms with Crippen LogP contribution in [0.15, 0.2) is 24.3 Å². The Hall–Kier alpha value is -2.37. The van der Waals surface area contributed by atoms with Crippen molar-refractivity contribution in [2.45, 2.75) is 26.2 Å². The van der Waals surface area contributed by atoms with E-state index in [4.69, 9.17) is 4.74 Å². The van der Waals surface area contributed by atoms with Gasteiger partial charge in [0.2, 0.25) is 11.8 Å². The summed E-state index contributed by atoms with van der Waals surface area (Å²) in [7, 11) is 3.08. The number of anilines is 1. The Morgan fingerprint density at radius 2 is 2.04 bits per heavy atom. The Bertz CT molecular complexity index is 629. The van der Waals surface area contributed by atoms with Crippen LogP contribution in [0.4, 0.5) is 5.69 Å². The van der Waals surface area contributed by atoms with Gasteiger partial charge >= 0.3 is 5.97 Å². The number of esters is 1. The van der Waals surface area contributed by atoms with Crippen molar-refractivity contribution in [2.75, 3.05) is 32.1 Å². The molecule has 0 aliphatic carbocycles. The van der Waals surface area contributed by atoms with Gasteiger partial charge in [-0.3, -0.25) is 9.59 Å². The van der Waals surface area contributed by atoms with Crippen LogP contribution in [0.2, 0.25) is 0 Å². The Labute approximate surface area is 142 Å². The number of rotatable bonds is 6. The minimum Gasteiger partial charge on any atom is -0.465 e. The molecule has 0 aromatic heterocycles. The minimum atomic E-state index is -0.492. The van der Waals surface area contributed by atoms with E-state index in [9.17, 15) is 14.4 Å². The zero-order valence-corrected chi connectivity index (χ0v) is 14.4. The van der Waals surface area contributed by atoms with Gasteiger partial charge in [-0.05, 0) is 18.6 Å². The number of unbranched alkanes of at least 4 members (excludes halogenated alkanes) is 1. The third kappa shape index (κ3) is 3.75. The number of hydrogen-bond acceptors (Lipinski definition) is 4. The molecule has 0 saturated carbocycles. The van der Waals surface area contributed by atoms with Gasteiger partial charge in [0, 0.05) is 26.6 Å². The number of carbonyl (C=O) groups excluding carboxylic acids is 3. The van der Waals surface area contributed by atoms with Crippen LogP contribution in [0.3, 0.4) is 0 Å². The SMILES string of the molecule is CCCCN(C)C(=O)C1CC(=O)N(c2ccccc2C(=O)OC)C1. The second kappa shape index (κ2) is 7.95. The Kier molecular flexibility index (Phi) is 5.95. The maximum atomic E-state index is 12.5. The van der Waals surface area contributed by atoms with Crippen molar-refractivity contribution in [2.24, 2.45) is 5.92 Å². The van der Waals surface area contributed by atoms with Crippen LogP contribution >= 0.6 is 0 Å². The summed E-state index contributed by atoms with van der Waals surface area (Å²) in [5.74, 6) is -1.03. The molecule has 0 N–H and O–H groups in total. The third-order valence-electron chi connectivity index (χ3n) is 4.30. The van der Waals surface area contributed by atoms with E-state index in [2.05, 4.69) is 6.92 Å². The van der Waals surface area contributed by atoms with Gasteiger partial charge in [0.25, 0.3) is 0 Å². The minimum absolute atomic E-state index is 0.0187. The molecule has 1 heterocycles. The number of hydrogen-bond donors (Lipinski definition) is 0. The molecule has 1 atom stereocenters. The molecule has 24 heavy (non-hydrogen) atoms. The fourth-order valence-electron chi connectivity index (χ4n) is 2.91. The second-order valence-corrected chi connectivity index (χ2v) is 6.03. The maximum Gasteiger partial charge on any atom is 0.339 e. The van der Waals surface area contributed by atoms with Gasteiger partial charge in [-0.25, -0.2) is 4.79 Å². The molecule has 6 heteroatoms. The van der Waals surface area contributed by atoms with E-state index in [1.54, 1.807) is 36.2 Å². The van der Waals surface area contributed by atoms with Crippen LogP contribution in [0.5, 0.6) is 0 Å². The molecule has 1 saturated heterocycles. The standard InChI is InChI=1S/C18H24N2O4/c1-4-5-10-19(2)17(22)13-11-16(21)20(12-13)15-9-7-6-8-14(15)18(23)24-3/h6-9,13H,4-5,10-12H2,1-3H3. The van der Waals surface area contributed by atoms with Gasteiger partial charge in [-0.2, -0.15) is 0 Å². The van der Waals surface area contributed by atoms with Crippen LogP contribution in [0.25, 0.3) is 0 Å². The Morgan fingerprint density at radius 1 is 1.33 bits per heavy atom. The molecule has 0 spiro atoms. The van der Waals surface area contributed by atoms with Gasteiger partial charge in [-0.1, -0.05) is 25.5 Å². The zero-order valence-electron chi connectivity index (χ0n) is 14.4. The average Bonchev–Trinajstić information content (AvgIpc) is 2.99. The number of benzene rings is 1. The molecule has 1 aromatic rings. The van der Waals surface area contributed by atoms with Gasteiger partial charge in [-0.15, -0.1) is 0 Å². The molecule has 0 bridgehead atoms. The van der Waals surface area contributed by atoms with Gasteiger partial charge in [0.15, 0.2) is 0 Å². The largest absolute Gasteiger partial charge is 0.465 e. The lowest BCUT2D eigenvalue weighted by molar-refractivity contribution is -0.134. The van der Waals surface area contributed by atoms with E-state index in [1.807, 2.05) is 0 Å². The first kappa shape index (κ1) is 18.0. The lowest BCUT2D eigenvalue weighted by atomic mass is 10.1. The highest BCUT2D eigenvalue weighted by Gasteiger charge is 2.37. The van der Waals surface area contributed by atoms with E-state index in [0.29, 0.717) is 24.3 Å². The third-order valence-corrected chi connectivity index (χ3v) is 4.30. The van der Waals surface area contributed by atoms with Crippen molar-refractivity contribution in [3.8, 4) is 0 Å². The molecular weight excluding hydrogens is 308 g/mol. The van der Waals surface area contributed by atoms with Crippen LogP contribution in [0.1, 0.15) is 36.5 Å². The summed E-state index contributed by atoms with van der Waals surface area (Å²) in [5, 5.41) is 0. The predicted molar refractivity (Wildman–Crippen MR) is 90.8 cm³/mol. The molecule has 0 radical (unpaired) electrons. The van der Waals surface area contributed by atoms with Gasteiger partial charge in [0.1, 0.15) is 0 Å². The molecule has 6 nitrogen and oxygen atoms in total. The van der Waals surface area contributed by atoms with Gasteiger partial charge < -0.3 is 14.5 Å². The number of para-hydroxylation sites is 1. The number of ether oxygens (including phenoxy) is 1. The van der Waals surface area contributed by atoms with E-state index < -0.39 is 5.97 Å². The molecular formula is C18H24N2O4. The van der Waals surface area contributed by atoms with Crippen LogP contribution in [-0.2, 0) is 14.3 Å². The summed E-state index contributed by atoms with van der Waals surface area (Å²) in [6.45, 7) is 3.06. The number of carbonyl (C=O) groups is 3. The smallest absolute Gasteiger partial charge is 0.339 e. The van der Waals surface area contributed by atoms with E-state index >= 15 is 0 Å². The summed E-state index contributed by atoms with van der Waals surface area (Å²) in [4.78, 5) is 40.0. The molecule has 2 amide bonds. The Balaban J connectivity index is 2.16. The molecule has 1 unspecified atom stereocenters. The number of nitrogens with zero attached hydrogens (tertiary/aromatic N) is 2. The van der Waals surface area contributed by atoms with Crippen molar-refractivity contribution in [3.05, 3.63) is 29.8 Å². The fourth-order valence-corrected chi connectivity index (χ4v) is 2.91. The molecule has 2 rings (SSSR count). The highest BCUT2D eigenvalue weighted by atomic mass is 16.5. The average molecular weight is 332 g/mol. The Morgan fingerprint density at radius 3 is 2.71 bits per heavy atom. The summed E-state index contributed by atoms with van der Waals surface area (Å²) < 4.78 is 4.78. The lowest BCUT2D eigenvalue weighted by Gasteiger charge is -2.22. The van der Waals surface area contributed by atoms with E-state index in [-0.39, 0.29) is 24.2 Å². The van der Waals surface area contributed by atoms with Crippen molar-refractivity contribution in [3.63, 3.8) is 0 Å². The maximum absolute atomic E-state index is 12.5. The summed E-state index contributed by atoms with van der Waals surface area (Å²) in [5.41, 5.74) is 0.835. The monoisotopic (exact) mass is 332 g/mol. The first-order valence-electron chi connectivity index (χ1n) is 8.22. The van der Waals surface area contributed by atoms with E-state index in [1.165, 1.54) is 12.0 Å². The second-order valence-electron chi connectivity index (χ2n) is 6.03. The lowest BCUT2D eigenvalue weighted by Crippen LogP contribution is -2.35. The van der Waals surface area contributed by atoms with Crippen LogP contribution < -0.4 is 4.90 Å². The van der Waals surface area contributed by atoms with Gasteiger partial charge in [0.05, 0.1) is 24.3 Å². The number of amides is 2. The van der Waals surface area contributed by atoms with Crippen molar-refractivity contribution >= 4 is 23.5 Å². The quantitative estimate of drug-likeness (QED) is 0.748. The summed E-state index contributed by atoms with van der Waals surface area (Å²) in [6.07, 6.45) is 2.13. The number of methoxy groups -OCH3 is 1. The fraction of sp³-hybridized carbons (Fsp3) is 0.500. The van der Waals surface area contributed by atoms with Crippen molar-refractivity contribution in [1.82, 2.24) is 4.90 Å². The highest BCUT2D eigenvalue weighted by Crippen LogP contribution is 2.29. The van der Waals surface area contributed by atoms with E-state index in [0.717, 1.165) is 12.8 Å². The first-order valence-corrected chi connectivity index (χ1v) is 8.22. The summed E-state index contributed by atoms with van der Waals surface area (Å²) in [6, 6.07) is 6.81. The normalized spacial score (nSPS) is 17.0. The molecule has 1 aliphatic heterocycles. The molecule has 130 valence electrons. The predicted octanol–water partition coefficient (Wildman–Crippen LogP) is 2.08. The zero-order chi connectivity index (χ0) is 17.7. The van der Waals surface area contributed by atoms with Crippen LogP contribution in [0, 0.1) is 5.92 Å². The molecule has 1 aromatic carbocycles. The first-order chi connectivity index (χ1) is 11.5.